The minimum Gasteiger partial charge on any atom is -0.497 e. The third kappa shape index (κ3) is 3.64. The van der Waals surface area contributed by atoms with Crippen LogP contribution in [-0.2, 0) is 0 Å². The van der Waals surface area contributed by atoms with E-state index in [1.807, 2.05) is 0 Å². The van der Waals surface area contributed by atoms with Gasteiger partial charge in [-0.05, 0) is 30.3 Å². The average molecular weight is 292 g/mol. The van der Waals surface area contributed by atoms with E-state index in [1.54, 1.807) is 30.3 Å². The van der Waals surface area contributed by atoms with Gasteiger partial charge >= 0.3 is 0 Å². The molecule has 2 aromatic carbocycles. The van der Waals surface area contributed by atoms with Crippen molar-refractivity contribution in [2.45, 2.75) is 6.10 Å². The summed E-state index contributed by atoms with van der Waals surface area (Å²) in [6, 6.07) is 11.1. The highest BCUT2D eigenvalue weighted by molar-refractivity contribution is 5.41. The van der Waals surface area contributed by atoms with E-state index in [2.05, 4.69) is 0 Å². The van der Waals surface area contributed by atoms with E-state index in [1.165, 1.54) is 26.4 Å². The molecule has 0 aliphatic carbocycles. The standard InChI is InChI=1S/C16H17FO4/c1-19-11-7-8-15(20-2)12(9-11)14(18)10-21-16-6-4-3-5-13(16)17/h3-9,14,18H,10H2,1-2H3. The van der Waals surface area contributed by atoms with Gasteiger partial charge in [0.05, 0.1) is 14.2 Å². The maximum absolute atomic E-state index is 13.5. The van der Waals surface area contributed by atoms with Crippen molar-refractivity contribution in [2.24, 2.45) is 0 Å². The summed E-state index contributed by atoms with van der Waals surface area (Å²) < 4.78 is 29.1. The molecule has 1 unspecified atom stereocenters. The molecule has 112 valence electrons. The highest BCUT2D eigenvalue weighted by Crippen LogP contribution is 2.30. The first-order valence-electron chi connectivity index (χ1n) is 6.43. The second-order valence-corrected chi connectivity index (χ2v) is 4.37. The minimum atomic E-state index is -0.963. The number of aliphatic hydroxyl groups excluding tert-OH is 1. The fraction of sp³-hybridized carbons (Fsp3) is 0.250. The zero-order chi connectivity index (χ0) is 15.2. The third-order valence-corrected chi connectivity index (χ3v) is 3.03. The molecule has 0 aromatic heterocycles. The molecule has 5 heteroatoms. The number of halogens is 1. The van der Waals surface area contributed by atoms with Crippen LogP contribution in [0.15, 0.2) is 42.5 Å². The van der Waals surface area contributed by atoms with Crippen LogP contribution in [-0.4, -0.2) is 25.9 Å². The Bertz CT molecular complexity index is 601. The Balaban J connectivity index is 2.13. The van der Waals surface area contributed by atoms with Crippen LogP contribution in [0, 0.1) is 5.82 Å². The van der Waals surface area contributed by atoms with Crippen molar-refractivity contribution in [3.05, 3.63) is 53.8 Å². The first-order valence-corrected chi connectivity index (χ1v) is 6.43. The number of hydrogen-bond donors (Lipinski definition) is 1. The molecule has 0 saturated heterocycles. The number of ether oxygens (including phenoxy) is 3. The lowest BCUT2D eigenvalue weighted by Gasteiger charge is -2.16. The SMILES string of the molecule is COc1ccc(OC)c(C(O)COc2ccccc2F)c1. The summed E-state index contributed by atoms with van der Waals surface area (Å²) in [5.74, 6) is 0.733. The summed E-state index contributed by atoms with van der Waals surface area (Å²) in [5.41, 5.74) is 0.521. The Morgan fingerprint density at radius 2 is 1.81 bits per heavy atom. The molecule has 1 N–H and O–H groups in total. The van der Waals surface area contributed by atoms with Crippen LogP contribution < -0.4 is 14.2 Å². The molecule has 0 radical (unpaired) electrons. The van der Waals surface area contributed by atoms with Crippen LogP contribution in [0.25, 0.3) is 0 Å². The molecule has 2 rings (SSSR count). The van der Waals surface area contributed by atoms with E-state index >= 15 is 0 Å². The first kappa shape index (κ1) is 15.1. The van der Waals surface area contributed by atoms with Gasteiger partial charge in [-0.1, -0.05) is 12.1 Å². The van der Waals surface area contributed by atoms with Gasteiger partial charge in [-0.3, -0.25) is 0 Å². The van der Waals surface area contributed by atoms with Crippen molar-refractivity contribution in [2.75, 3.05) is 20.8 Å². The third-order valence-electron chi connectivity index (χ3n) is 3.03. The molecule has 2 aromatic rings. The Kier molecular flexibility index (Phi) is 5.00. The topological polar surface area (TPSA) is 47.9 Å². The van der Waals surface area contributed by atoms with Gasteiger partial charge in [0.15, 0.2) is 11.6 Å². The maximum atomic E-state index is 13.5. The fourth-order valence-corrected chi connectivity index (χ4v) is 1.92. The molecule has 4 nitrogen and oxygen atoms in total. The van der Waals surface area contributed by atoms with Crippen LogP contribution in [0.3, 0.4) is 0 Å². The van der Waals surface area contributed by atoms with Crippen molar-refractivity contribution in [1.82, 2.24) is 0 Å². The molecule has 0 fully saturated rings. The molecular formula is C16H17FO4. The summed E-state index contributed by atoms with van der Waals surface area (Å²) in [7, 11) is 3.05. The summed E-state index contributed by atoms with van der Waals surface area (Å²) in [4.78, 5) is 0. The summed E-state index contributed by atoms with van der Waals surface area (Å²) >= 11 is 0. The van der Waals surface area contributed by atoms with Crippen molar-refractivity contribution >= 4 is 0 Å². The summed E-state index contributed by atoms with van der Waals surface area (Å²) in [6.45, 7) is -0.0928. The molecule has 0 aliphatic heterocycles. The van der Waals surface area contributed by atoms with E-state index in [9.17, 15) is 9.50 Å². The largest absolute Gasteiger partial charge is 0.497 e. The minimum absolute atomic E-state index is 0.0928. The van der Waals surface area contributed by atoms with Crippen LogP contribution >= 0.6 is 0 Å². The quantitative estimate of drug-likeness (QED) is 0.889. The molecule has 0 heterocycles. The summed E-state index contributed by atoms with van der Waals surface area (Å²) in [5, 5.41) is 10.2. The highest BCUT2D eigenvalue weighted by Gasteiger charge is 2.16. The molecule has 0 aliphatic rings. The van der Waals surface area contributed by atoms with Crippen molar-refractivity contribution in [1.29, 1.82) is 0 Å². The zero-order valence-electron chi connectivity index (χ0n) is 11.9. The van der Waals surface area contributed by atoms with Crippen molar-refractivity contribution in [3.63, 3.8) is 0 Å². The second-order valence-electron chi connectivity index (χ2n) is 4.37. The lowest BCUT2D eigenvalue weighted by atomic mass is 10.1. The summed E-state index contributed by atoms with van der Waals surface area (Å²) in [6.07, 6.45) is -0.963. The molecule has 21 heavy (non-hydrogen) atoms. The van der Waals surface area contributed by atoms with Crippen LogP contribution in [0.5, 0.6) is 17.2 Å². The molecule has 0 bridgehead atoms. The van der Waals surface area contributed by atoms with Crippen LogP contribution in [0.4, 0.5) is 4.39 Å². The lowest BCUT2D eigenvalue weighted by molar-refractivity contribution is 0.103. The monoisotopic (exact) mass is 292 g/mol. The van der Waals surface area contributed by atoms with Gasteiger partial charge in [-0.2, -0.15) is 0 Å². The van der Waals surface area contributed by atoms with E-state index < -0.39 is 11.9 Å². The van der Waals surface area contributed by atoms with Gasteiger partial charge in [0.2, 0.25) is 0 Å². The number of rotatable bonds is 6. The Labute approximate surface area is 122 Å². The van der Waals surface area contributed by atoms with Gasteiger partial charge in [0.1, 0.15) is 24.2 Å². The van der Waals surface area contributed by atoms with Gasteiger partial charge in [-0.15, -0.1) is 0 Å². The Hall–Kier alpha value is -2.27. The molecular weight excluding hydrogens is 275 g/mol. The predicted molar refractivity (Wildman–Crippen MR) is 76.4 cm³/mol. The van der Waals surface area contributed by atoms with E-state index in [0.717, 1.165) is 0 Å². The van der Waals surface area contributed by atoms with Crippen molar-refractivity contribution < 1.29 is 23.7 Å². The number of aliphatic hydroxyl groups is 1. The molecule has 0 saturated carbocycles. The lowest BCUT2D eigenvalue weighted by Crippen LogP contribution is -2.11. The molecule has 0 spiro atoms. The Morgan fingerprint density at radius 3 is 2.48 bits per heavy atom. The van der Waals surface area contributed by atoms with Gasteiger partial charge in [-0.25, -0.2) is 4.39 Å². The van der Waals surface area contributed by atoms with E-state index in [4.69, 9.17) is 14.2 Å². The van der Waals surface area contributed by atoms with E-state index in [0.29, 0.717) is 17.1 Å². The molecule has 1 atom stereocenters. The smallest absolute Gasteiger partial charge is 0.165 e. The van der Waals surface area contributed by atoms with Gasteiger partial charge in [0, 0.05) is 5.56 Å². The van der Waals surface area contributed by atoms with Crippen LogP contribution in [0.1, 0.15) is 11.7 Å². The Morgan fingerprint density at radius 1 is 1.05 bits per heavy atom. The first-order chi connectivity index (χ1) is 10.2. The highest BCUT2D eigenvalue weighted by atomic mass is 19.1. The van der Waals surface area contributed by atoms with Gasteiger partial charge in [0.25, 0.3) is 0 Å². The maximum Gasteiger partial charge on any atom is 0.165 e. The number of benzene rings is 2. The average Bonchev–Trinajstić information content (AvgIpc) is 2.53. The van der Waals surface area contributed by atoms with E-state index in [-0.39, 0.29) is 12.4 Å². The predicted octanol–water partition coefficient (Wildman–Crippen LogP) is 2.96. The van der Waals surface area contributed by atoms with Gasteiger partial charge < -0.3 is 19.3 Å². The van der Waals surface area contributed by atoms with Crippen molar-refractivity contribution in [3.8, 4) is 17.2 Å². The normalized spacial score (nSPS) is 11.8. The number of para-hydroxylation sites is 1. The number of hydrogen-bond acceptors (Lipinski definition) is 4. The van der Waals surface area contributed by atoms with Crippen LogP contribution in [0.2, 0.25) is 0 Å². The zero-order valence-corrected chi connectivity index (χ0v) is 11.9. The second kappa shape index (κ2) is 6.95. The molecule has 0 amide bonds. The number of methoxy groups -OCH3 is 2. The fourth-order valence-electron chi connectivity index (χ4n) is 1.92.